The summed E-state index contributed by atoms with van der Waals surface area (Å²) in [4.78, 5) is 16.5. The van der Waals surface area contributed by atoms with Crippen LogP contribution in [0.5, 0.6) is 11.5 Å². The van der Waals surface area contributed by atoms with Crippen LogP contribution in [-0.2, 0) is 24.1 Å². The molecule has 0 fully saturated rings. The highest BCUT2D eigenvalue weighted by atomic mass is 19.1. The predicted molar refractivity (Wildman–Crippen MR) is 145 cm³/mol. The number of nitrogens with zero attached hydrogens (tertiary/aromatic N) is 1. The zero-order valence-corrected chi connectivity index (χ0v) is 21.9. The molecule has 1 N–H and O–H groups in total. The molecule has 0 amide bonds. The van der Waals surface area contributed by atoms with Gasteiger partial charge in [-0.15, -0.1) is 0 Å². The number of carbonyl (C=O) groups is 1. The van der Waals surface area contributed by atoms with E-state index >= 15 is 4.39 Å². The standard InChI is InChI=1S/C32H29F2NO4/c1-19-27(18-29(36)37)31(24-16-23-4-3-14-39-32(23)28(34)17-24)30(20(2)35-19)22-7-11-26(12-8-22)38-15-13-21-5-9-25(33)10-6-21/h5-12,16-17H,3-4,13-15,18H2,1-2H3,(H,36,37). The summed E-state index contributed by atoms with van der Waals surface area (Å²) in [7, 11) is 0. The van der Waals surface area contributed by atoms with Crippen LogP contribution in [0, 0.1) is 25.5 Å². The molecule has 1 aliphatic heterocycles. The average Bonchev–Trinajstić information content (AvgIpc) is 2.91. The van der Waals surface area contributed by atoms with Crippen molar-refractivity contribution < 1.29 is 28.2 Å². The Hall–Kier alpha value is -4.26. The summed E-state index contributed by atoms with van der Waals surface area (Å²) in [5.74, 6) is -0.763. The lowest BCUT2D eigenvalue weighted by molar-refractivity contribution is -0.136. The van der Waals surface area contributed by atoms with Crippen LogP contribution < -0.4 is 9.47 Å². The van der Waals surface area contributed by atoms with E-state index < -0.39 is 11.8 Å². The minimum atomic E-state index is -0.984. The Morgan fingerprint density at radius 3 is 2.44 bits per heavy atom. The third-order valence-corrected chi connectivity index (χ3v) is 6.98. The summed E-state index contributed by atoms with van der Waals surface area (Å²) < 4.78 is 39.8. The third kappa shape index (κ3) is 5.77. The summed E-state index contributed by atoms with van der Waals surface area (Å²) in [6, 6.07) is 17.2. The van der Waals surface area contributed by atoms with Gasteiger partial charge in [-0.25, -0.2) is 8.78 Å². The molecule has 2 heterocycles. The van der Waals surface area contributed by atoms with Crippen molar-refractivity contribution in [1.29, 1.82) is 0 Å². The second-order valence-corrected chi connectivity index (χ2v) is 9.73. The monoisotopic (exact) mass is 529 g/mol. The van der Waals surface area contributed by atoms with Crippen molar-refractivity contribution in [3.63, 3.8) is 0 Å². The van der Waals surface area contributed by atoms with Gasteiger partial charge in [0, 0.05) is 23.4 Å². The van der Waals surface area contributed by atoms with Gasteiger partial charge in [0.15, 0.2) is 11.6 Å². The van der Waals surface area contributed by atoms with E-state index in [2.05, 4.69) is 4.98 Å². The number of hydrogen-bond acceptors (Lipinski definition) is 4. The number of aromatic nitrogens is 1. The van der Waals surface area contributed by atoms with Crippen LogP contribution in [0.25, 0.3) is 22.3 Å². The largest absolute Gasteiger partial charge is 0.493 e. The van der Waals surface area contributed by atoms with E-state index in [0.717, 1.165) is 34.4 Å². The maximum Gasteiger partial charge on any atom is 0.307 e. The lowest BCUT2D eigenvalue weighted by atomic mass is 9.86. The van der Waals surface area contributed by atoms with Crippen molar-refractivity contribution in [1.82, 2.24) is 4.98 Å². The molecule has 1 aliphatic rings. The topological polar surface area (TPSA) is 68.7 Å². The van der Waals surface area contributed by atoms with Gasteiger partial charge >= 0.3 is 5.97 Å². The van der Waals surface area contributed by atoms with Crippen molar-refractivity contribution in [2.75, 3.05) is 13.2 Å². The summed E-state index contributed by atoms with van der Waals surface area (Å²) in [6.07, 6.45) is 1.89. The molecule has 0 radical (unpaired) electrons. The number of aryl methyl sites for hydroxylation is 3. The molecule has 0 aliphatic carbocycles. The van der Waals surface area contributed by atoms with E-state index in [1.54, 1.807) is 19.1 Å². The highest BCUT2D eigenvalue weighted by Crippen LogP contribution is 2.41. The fraction of sp³-hybridized carbons (Fsp3) is 0.250. The minimum absolute atomic E-state index is 0.235. The number of pyridine rings is 1. The number of fused-ring (bicyclic) bond motifs is 1. The Kier molecular flexibility index (Phi) is 7.59. The van der Waals surface area contributed by atoms with Gasteiger partial charge in [0.25, 0.3) is 0 Å². The number of halogens is 2. The van der Waals surface area contributed by atoms with Gasteiger partial charge in [0.05, 0.1) is 19.6 Å². The molecule has 0 saturated carbocycles. The number of hydrogen-bond donors (Lipinski definition) is 1. The molecular weight excluding hydrogens is 500 g/mol. The van der Waals surface area contributed by atoms with Gasteiger partial charge in [-0.05, 0) is 96.5 Å². The molecule has 3 aromatic carbocycles. The van der Waals surface area contributed by atoms with Crippen LogP contribution in [0.15, 0.2) is 60.7 Å². The third-order valence-electron chi connectivity index (χ3n) is 6.98. The van der Waals surface area contributed by atoms with Gasteiger partial charge < -0.3 is 14.6 Å². The highest BCUT2D eigenvalue weighted by molar-refractivity contribution is 5.90. The lowest BCUT2D eigenvalue weighted by Gasteiger charge is -2.22. The zero-order valence-electron chi connectivity index (χ0n) is 21.9. The van der Waals surface area contributed by atoms with Gasteiger partial charge in [-0.1, -0.05) is 24.3 Å². The number of rotatable bonds is 8. The summed E-state index contributed by atoms with van der Waals surface area (Å²) in [5, 5.41) is 9.70. The first-order chi connectivity index (χ1) is 18.8. The van der Waals surface area contributed by atoms with Crippen molar-refractivity contribution in [3.8, 4) is 33.8 Å². The predicted octanol–water partition coefficient (Wildman–Crippen LogP) is 6.88. The molecule has 7 heteroatoms. The quantitative estimate of drug-likeness (QED) is 0.269. The Morgan fingerprint density at radius 2 is 1.72 bits per heavy atom. The van der Waals surface area contributed by atoms with Crippen molar-refractivity contribution in [2.45, 2.75) is 39.5 Å². The van der Waals surface area contributed by atoms with Gasteiger partial charge in [-0.2, -0.15) is 0 Å². The minimum Gasteiger partial charge on any atom is -0.493 e. The maximum absolute atomic E-state index is 15.2. The Morgan fingerprint density at radius 1 is 0.974 bits per heavy atom. The van der Waals surface area contributed by atoms with Crippen molar-refractivity contribution in [2.24, 2.45) is 0 Å². The van der Waals surface area contributed by atoms with E-state index in [9.17, 15) is 14.3 Å². The van der Waals surface area contributed by atoms with Crippen LogP contribution in [-0.4, -0.2) is 29.3 Å². The van der Waals surface area contributed by atoms with Crippen LogP contribution in [0.2, 0.25) is 0 Å². The first-order valence-electron chi connectivity index (χ1n) is 13.0. The molecule has 200 valence electrons. The molecule has 0 unspecified atom stereocenters. The molecule has 0 bridgehead atoms. The molecule has 0 atom stereocenters. The molecular formula is C32H29F2NO4. The number of ether oxygens (including phenoxy) is 2. The summed E-state index contributed by atoms with van der Waals surface area (Å²) >= 11 is 0. The highest BCUT2D eigenvalue weighted by Gasteiger charge is 2.24. The van der Waals surface area contributed by atoms with E-state index in [0.29, 0.717) is 54.2 Å². The SMILES string of the molecule is Cc1nc(C)c(-c2ccc(OCCc3ccc(F)cc3)cc2)c(-c2cc(F)c3c(c2)CCCO3)c1CC(=O)O. The lowest BCUT2D eigenvalue weighted by Crippen LogP contribution is -2.12. The van der Waals surface area contributed by atoms with E-state index in [1.807, 2.05) is 37.3 Å². The Balaban J connectivity index is 1.51. The van der Waals surface area contributed by atoms with Crippen molar-refractivity contribution in [3.05, 3.63) is 100 Å². The number of benzene rings is 3. The second kappa shape index (κ2) is 11.2. The van der Waals surface area contributed by atoms with Crippen LogP contribution >= 0.6 is 0 Å². The van der Waals surface area contributed by atoms with Crippen LogP contribution in [0.4, 0.5) is 8.78 Å². The second-order valence-electron chi connectivity index (χ2n) is 9.73. The smallest absolute Gasteiger partial charge is 0.307 e. The maximum atomic E-state index is 15.2. The molecule has 1 aromatic heterocycles. The number of carboxylic acid groups (broad SMARTS) is 1. The molecule has 39 heavy (non-hydrogen) atoms. The average molecular weight is 530 g/mol. The Labute approximate surface area is 226 Å². The Bertz CT molecular complexity index is 1520. The van der Waals surface area contributed by atoms with Crippen LogP contribution in [0.1, 0.15) is 34.5 Å². The first-order valence-corrected chi connectivity index (χ1v) is 13.0. The molecule has 5 nitrogen and oxygen atoms in total. The number of carboxylic acids is 1. The van der Waals surface area contributed by atoms with E-state index in [4.69, 9.17) is 9.47 Å². The zero-order chi connectivity index (χ0) is 27.5. The summed E-state index contributed by atoms with van der Waals surface area (Å²) in [6.45, 7) is 4.57. The number of aliphatic carboxylic acids is 1. The molecule has 0 saturated heterocycles. The fourth-order valence-corrected chi connectivity index (χ4v) is 5.16. The van der Waals surface area contributed by atoms with Gasteiger partial charge in [0.1, 0.15) is 11.6 Å². The van der Waals surface area contributed by atoms with Gasteiger partial charge in [-0.3, -0.25) is 9.78 Å². The fourth-order valence-electron chi connectivity index (χ4n) is 5.16. The normalized spacial score (nSPS) is 12.5. The van der Waals surface area contributed by atoms with E-state index in [1.165, 1.54) is 18.2 Å². The first kappa shape index (κ1) is 26.4. The van der Waals surface area contributed by atoms with Crippen LogP contribution in [0.3, 0.4) is 0 Å². The van der Waals surface area contributed by atoms with Gasteiger partial charge in [0.2, 0.25) is 0 Å². The summed E-state index contributed by atoms with van der Waals surface area (Å²) in [5.41, 5.74) is 6.48. The molecule has 5 rings (SSSR count). The molecule has 0 spiro atoms. The molecule has 4 aromatic rings. The van der Waals surface area contributed by atoms with Crippen molar-refractivity contribution >= 4 is 5.97 Å². The van der Waals surface area contributed by atoms with E-state index in [-0.39, 0.29) is 18.0 Å².